The van der Waals surface area contributed by atoms with Crippen molar-refractivity contribution in [2.45, 2.75) is 26.3 Å². The van der Waals surface area contributed by atoms with E-state index in [0.29, 0.717) is 6.42 Å². The summed E-state index contributed by atoms with van der Waals surface area (Å²) in [7, 11) is 0. The van der Waals surface area contributed by atoms with Crippen LogP contribution in [0.5, 0.6) is 0 Å². The van der Waals surface area contributed by atoms with Gasteiger partial charge in [0, 0.05) is 6.20 Å². The predicted molar refractivity (Wildman–Crippen MR) is 84.4 cm³/mol. The Hall–Kier alpha value is -2.69. The van der Waals surface area contributed by atoms with Gasteiger partial charge in [0.2, 0.25) is 5.91 Å². The summed E-state index contributed by atoms with van der Waals surface area (Å²) in [5.41, 5.74) is 2.96. The highest BCUT2D eigenvalue weighted by Crippen LogP contribution is 2.12. The van der Waals surface area contributed by atoms with Crippen molar-refractivity contribution in [2.75, 3.05) is 0 Å². The Morgan fingerprint density at radius 2 is 1.95 bits per heavy atom. The van der Waals surface area contributed by atoms with Crippen molar-refractivity contribution in [3.8, 4) is 0 Å². The molecule has 0 fully saturated rings. The Morgan fingerprint density at radius 3 is 2.73 bits per heavy atom. The smallest absolute Gasteiger partial charge is 0.224 e. The summed E-state index contributed by atoms with van der Waals surface area (Å²) in [6, 6.07) is 13.5. The third kappa shape index (κ3) is 2.98. The van der Waals surface area contributed by atoms with E-state index in [2.05, 4.69) is 15.5 Å². The first-order valence-electron chi connectivity index (χ1n) is 7.28. The van der Waals surface area contributed by atoms with E-state index < -0.39 is 0 Å². The van der Waals surface area contributed by atoms with Crippen LogP contribution in [0.2, 0.25) is 0 Å². The van der Waals surface area contributed by atoms with Crippen LogP contribution in [0.1, 0.15) is 29.9 Å². The van der Waals surface area contributed by atoms with E-state index in [4.69, 9.17) is 0 Å². The zero-order chi connectivity index (χ0) is 15.5. The van der Waals surface area contributed by atoms with Gasteiger partial charge < -0.3 is 5.32 Å². The van der Waals surface area contributed by atoms with Crippen LogP contribution in [0, 0.1) is 6.92 Å². The number of pyridine rings is 1. The number of carbonyl (C=O) groups excluding carboxylic acids is 1. The highest BCUT2D eigenvalue weighted by Gasteiger charge is 2.15. The second-order valence-electron chi connectivity index (χ2n) is 5.44. The fourth-order valence-corrected chi connectivity index (χ4v) is 2.40. The molecule has 0 saturated carbocycles. The van der Waals surface area contributed by atoms with Crippen LogP contribution in [0.4, 0.5) is 0 Å². The minimum absolute atomic E-state index is 0.0240. The fourth-order valence-electron chi connectivity index (χ4n) is 2.40. The minimum Gasteiger partial charge on any atom is -0.346 e. The molecule has 5 nitrogen and oxygen atoms in total. The van der Waals surface area contributed by atoms with Crippen LogP contribution in [0.3, 0.4) is 0 Å². The molecule has 1 amide bonds. The number of hydrogen-bond donors (Lipinski definition) is 1. The summed E-state index contributed by atoms with van der Waals surface area (Å²) in [5, 5.41) is 11.2. The van der Waals surface area contributed by atoms with Crippen molar-refractivity contribution in [3.05, 3.63) is 65.6 Å². The minimum atomic E-state index is -0.199. The highest BCUT2D eigenvalue weighted by molar-refractivity contribution is 5.78. The van der Waals surface area contributed by atoms with Gasteiger partial charge in [0.15, 0.2) is 11.5 Å². The van der Waals surface area contributed by atoms with Gasteiger partial charge in [-0.2, -0.15) is 0 Å². The first-order valence-corrected chi connectivity index (χ1v) is 7.28. The topological polar surface area (TPSA) is 59.3 Å². The molecule has 2 heterocycles. The van der Waals surface area contributed by atoms with Crippen LogP contribution in [-0.4, -0.2) is 20.5 Å². The lowest BCUT2D eigenvalue weighted by Crippen LogP contribution is -2.29. The summed E-state index contributed by atoms with van der Waals surface area (Å²) < 4.78 is 1.89. The lowest BCUT2D eigenvalue weighted by atomic mass is 10.1. The van der Waals surface area contributed by atoms with Crippen LogP contribution in [0.15, 0.2) is 48.7 Å². The maximum atomic E-state index is 12.2. The standard InChI is InChI=1S/C17H18N4O/c1-12-6-8-14(9-7-12)11-16(22)18-13(2)17-20-19-15-5-3-4-10-21(15)17/h3-10,13H,11H2,1-2H3,(H,18,22). The lowest BCUT2D eigenvalue weighted by Gasteiger charge is -2.12. The molecule has 1 unspecified atom stereocenters. The second-order valence-corrected chi connectivity index (χ2v) is 5.44. The number of nitrogens with one attached hydrogen (secondary N) is 1. The first-order chi connectivity index (χ1) is 10.6. The van der Waals surface area contributed by atoms with E-state index >= 15 is 0 Å². The summed E-state index contributed by atoms with van der Waals surface area (Å²) in [6.45, 7) is 3.94. The average Bonchev–Trinajstić information content (AvgIpc) is 2.93. The number of rotatable bonds is 4. The molecule has 0 aliphatic rings. The van der Waals surface area contributed by atoms with Crippen LogP contribution in [-0.2, 0) is 11.2 Å². The summed E-state index contributed by atoms with van der Waals surface area (Å²) >= 11 is 0. The van der Waals surface area contributed by atoms with Crippen molar-refractivity contribution in [3.63, 3.8) is 0 Å². The summed E-state index contributed by atoms with van der Waals surface area (Å²) in [6.07, 6.45) is 2.26. The molecule has 0 aliphatic heterocycles. The molecule has 0 bridgehead atoms. The normalized spacial score (nSPS) is 12.3. The molecule has 2 aromatic heterocycles. The Labute approximate surface area is 129 Å². The van der Waals surface area contributed by atoms with Gasteiger partial charge >= 0.3 is 0 Å². The number of aryl methyl sites for hydroxylation is 1. The molecular weight excluding hydrogens is 276 g/mol. The van der Waals surface area contributed by atoms with Gasteiger partial charge in [-0.1, -0.05) is 35.9 Å². The Bertz CT molecular complexity index is 792. The molecule has 0 aliphatic carbocycles. The number of hydrogen-bond acceptors (Lipinski definition) is 3. The molecule has 0 saturated heterocycles. The zero-order valence-corrected chi connectivity index (χ0v) is 12.7. The van der Waals surface area contributed by atoms with Gasteiger partial charge in [0.05, 0.1) is 12.5 Å². The van der Waals surface area contributed by atoms with Crippen LogP contribution < -0.4 is 5.32 Å². The zero-order valence-electron chi connectivity index (χ0n) is 12.7. The van der Waals surface area contributed by atoms with E-state index in [0.717, 1.165) is 17.0 Å². The number of carbonyl (C=O) groups is 1. The van der Waals surface area contributed by atoms with E-state index in [1.165, 1.54) is 5.56 Å². The Morgan fingerprint density at radius 1 is 1.18 bits per heavy atom. The molecule has 0 radical (unpaired) electrons. The molecule has 3 aromatic rings. The molecule has 1 atom stereocenters. The maximum Gasteiger partial charge on any atom is 0.224 e. The molecule has 3 rings (SSSR count). The molecule has 22 heavy (non-hydrogen) atoms. The van der Waals surface area contributed by atoms with Gasteiger partial charge in [-0.05, 0) is 31.5 Å². The van der Waals surface area contributed by atoms with Crippen molar-refractivity contribution >= 4 is 11.6 Å². The van der Waals surface area contributed by atoms with Crippen molar-refractivity contribution < 1.29 is 4.79 Å². The number of aromatic nitrogens is 3. The molecule has 0 spiro atoms. The first kappa shape index (κ1) is 14.3. The number of benzene rings is 1. The van der Waals surface area contributed by atoms with E-state index in [-0.39, 0.29) is 11.9 Å². The molecular formula is C17H18N4O. The van der Waals surface area contributed by atoms with Crippen molar-refractivity contribution in [1.29, 1.82) is 0 Å². The van der Waals surface area contributed by atoms with Gasteiger partial charge in [0.1, 0.15) is 0 Å². The lowest BCUT2D eigenvalue weighted by molar-refractivity contribution is -0.121. The quantitative estimate of drug-likeness (QED) is 0.804. The van der Waals surface area contributed by atoms with Crippen molar-refractivity contribution in [2.24, 2.45) is 0 Å². The van der Waals surface area contributed by atoms with Gasteiger partial charge in [-0.15, -0.1) is 10.2 Å². The number of amides is 1. The number of nitrogens with zero attached hydrogens (tertiary/aromatic N) is 3. The largest absolute Gasteiger partial charge is 0.346 e. The monoisotopic (exact) mass is 294 g/mol. The third-order valence-corrected chi connectivity index (χ3v) is 3.59. The van der Waals surface area contributed by atoms with Gasteiger partial charge in [0.25, 0.3) is 0 Å². The second kappa shape index (κ2) is 5.97. The molecule has 1 N–H and O–H groups in total. The fraction of sp³-hybridized carbons (Fsp3) is 0.235. The maximum absolute atomic E-state index is 12.2. The molecule has 5 heteroatoms. The van der Waals surface area contributed by atoms with E-state index in [1.54, 1.807) is 0 Å². The summed E-state index contributed by atoms with van der Waals surface area (Å²) in [4.78, 5) is 12.2. The molecule has 1 aromatic carbocycles. The van der Waals surface area contributed by atoms with Crippen LogP contribution >= 0.6 is 0 Å². The summed E-state index contributed by atoms with van der Waals surface area (Å²) in [5.74, 6) is 0.705. The van der Waals surface area contributed by atoms with Crippen LogP contribution in [0.25, 0.3) is 5.65 Å². The van der Waals surface area contributed by atoms with E-state index in [9.17, 15) is 4.79 Å². The number of fused-ring (bicyclic) bond motifs is 1. The SMILES string of the molecule is Cc1ccc(CC(=O)NC(C)c2nnc3ccccn23)cc1. The Kier molecular flexibility index (Phi) is 3.87. The van der Waals surface area contributed by atoms with Crippen molar-refractivity contribution in [1.82, 2.24) is 19.9 Å². The molecule has 112 valence electrons. The Balaban J connectivity index is 1.69. The average molecular weight is 294 g/mol. The highest BCUT2D eigenvalue weighted by atomic mass is 16.1. The predicted octanol–water partition coefficient (Wildman–Crippen LogP) is 2.46. The van der Waals surface area contributed by atoms with E-state index in [1.807, 2.05) is 66.9 Å². The van der Waals surface area contributed by atoms with Gasteiger partial charge in [-0.3, -0.25) is 9.20 Å². The third-order valence-electron chi connectivity index (χ3n) is 3.59. The van der Waals surface area contributed by atoms with Gasteiger partial charge in [-0.25, -0.2) is 0 Å².